The van der Waals surface area contributed by atoms with E-state index in [1.54, 1.807) is 0 Å². The van der Waals surface area contributed by atoms with Gasteiger partial charge in [-0.1, -0.05) is 57.2 Å². The highest BCUT2D eigenvalue weighted by molar-refractivity contribution is 6.70. The van der Waals surface area contributed by atoms with Crippen LogP contribution in [0.3, 0.4) is 0 Å². The zero-order valence-electron chi connectivity index (χ0n) is 16.6. The third-order valence-electron chi connectivity index (χ3n) is 4.09. The Morgan fingerprint density at radius 3 is 1.92 bits per heavy atom. The first-order valence-electron chi connectivity index (χ1n) is 9.22. The molecule has 2 rings (SSSR count). The molecule has 2 aromatic carbocycles. The lowest BCUT2D eigenvalue weighted by atomic mass is 9.87. The van der Waals surface area contributed by atoms with E-state index in [2.05, 4.69) is 94.3 Å². The Hall–Kier alpha value is -1.58. The first-order chi connectivity index (χ1) is 11.6. The van der Waals surface area contributed by atoms with Crippen LogP contribution in [0, 0.1) is 0 Å². The molecule has 0 aliphatic heterocycles. The Morgan fingerprint density at radius 1 is 0.840 bits per heavy atom. The molecule has 0 amide bonds. The van der Waals surface area contributed by atoms with Crippen molar-refractivity contribution in [1.82, 2.24) is 5.32 Å². The van der Waals surface area contributed by atoms with Crippen molar-refractivity contribution >= 4 is 8.32 Å². The van der Waals surface area contributed by atoms with Crippen LogP contribution in [-0.4, -0.2) is 14.9 Å². The van der Waals surface area contributed by atoms with Crippen LogP contribution in [-0.2, 0) is 18.4 Å². The van der Waals surface area contributed by atoms with Gasteiger partial charge in [0.2, 0.25) is 8.32 Å². The molecule has 1 N–H and O–H groups in total. The van der Waals surface area contributed by atoms with Gasteiger partial charge in [0.1, 0.15) is 5.75 Å². The van der Waals surface area contributed by atoms with Gasteiger partial charge in [-0.25, -0.2) is 0 Å². The van der Waals surface area contributed by atoms with Crippen LogP contribution in [0.1, 0.15) is 37.5 Å². The Kier molecular flexibility index (Phi) is 6.47. The maximum absolute atomic E-state index is 6.00. The summed E-state index contributed by atoms with van der Waals surface area (Å²) in [7, 11) is -1.51. The second kappa shape index (κ2) is 8.20. The van der Waals surface area contributed by atoms with Crippen molar-refractivity contribution in [3.63, 3.8) is 0 Å². The van der Waals surface area contributed by atoms with E-state index in [1.165, 1.54) is 16.7 Å². The van der Waals surface area contributed by atoms with Crippen LogP contribution in [0.4, 0.5) is 0 Å². The van der Waals surface area contributed by atoms with E-state index in [-0.39, 0.29) is 5.41 Å². The predicted octanol–water partition coefficient (Wildman–Crippen LogP) is 5.53. The maximum atomic E-state index is 6.00. The largest absolute Gasteiger partial charge is 0.544 e. The van der Waals surface area contributed by atoms with E-state index < -0.39 is 8.32 Å². The molecule has 2 nitrogen and oxygen atoms in total. The average Bonchev–Trinajstić information content (AvgIpc) is 2.51. The van der Waals surface area contributed by atoms with Gasteiger partial charge in [0.25, 0.3) is 0 Å². The molecule has 2 aromatic rings. The van der Waals surface area contributed by atoms with Crippen molar-refractivity contribution in [2.24, 2.45) is 0 Å². The van der Waals surface area contributed by atoms with Gasteiger partial charge >= 0.3 is 0 Å². The quantitative estimate of drug-likeness (QED) is 0.521. The number of hydrogen-bond acceptors (Lipinski definition) is 2. The lowest BCUT2D eigenvalue weighted by Crippen LogP contribution is -2.29. The van der Waals surface area contributed by atoms with Gasteiger partial charge in [-0.15, -0.1) is 0 Å². The Labute approximate surface area is 154 Å². The lowest BCUT2D eigenvalue weighted by Gasteiger charge is -2.19. The summed E-state index contributed by atoms with van der Waals surface area (Å²) in [4.78, 5) is 0. The monoisotopic (exact) mass is 355 g/mol. The second-order valence-corrected chi connectivity index (χ2v) is 13.2. The van der Waals surface area contributed by atoms with Crippen molar-refractivity contribution in [3.05, 3.63) is 65.2 Å². The molecule has 0 aromatic heterocycles. The molecular weight excluding hydrogens is 322 g/mol. The van der Waals surface area contributed by atoms with E-state index >= 15 is 0 Å². The third-order valence-corrected chi connectivity index (χ3v) is 4.94. The van der Waals surface area contributed by atoms with Crippen LogP contribution < -0.4 is 9.74 Å². The fraction of sp³-hybridized carbons (Fsp3) is 0.455. The highest BCUT2D eigenvalue weighted by atomic mass is 28.4. The van der Waals surface area contributed by atoms with E-state index in [4.69, 9.17) is 4.43 Å². The molecule has 0 fully saturated rings. The average molecular weight is 356 g/mol. The second-order valence-electron chi connectivity index (χ2n) is 8.73. The smallest absolute Gasteiger partial charge is 0.242 e. The molecule has 0 spiro atoms. The van der Waals surface area contributed by atoms with Crippen LogP contribution in [0.5, 0.6) is 5.75 Å². The topological polar surface area (TPSA) is 21.3 Å². The van der Waals surface area contributed by atoms with Crippen molar-refractivity contribution in [1.29, 1.82) is 0 Å². The van der Waals surface area contributed by atoms with E-state index in [9.17, 15) is 0 Å². The summed E-state index contributed by atoms with van der Waals surface area (Å²) >= 11 is 0. The van der Waals surface area contributed by atoms with Gasteiger partial charge < -0.3 is 9.74 Å². The maximum Gasteiger partial charge on any atom is 0.242 e. The van der Waals surface area contributed by atoms with E-state index in [0.717, 1.165) is 25.3 Å². The number of hydrogen-bond donors (Lipinski definition) is 1. The molecule has 0 unspecified atom stereocenters. The highest BCUT2D eigenvalue weighted by Gasteiger charge is 2.15. The summed E-state index contributed by atoms with van der Waals surface area (Å²) in [6.45, 7) is 15.3. The third kappa shape index (κ3) is 7.05. The molecule has 0 radical (unpaired) electrons. The molecule has 0 bridgehead atoms. The highest BCUT2D eigenvalue weighted by Crippen LogP contribution is 2.22. The zero-order valence-corrected chi connectivity index (χ0v) is 17.6. The minimum atomic E-state index is -1.51. The first kappa shape index (κ1) is 19.7. The molecule has 0 saturated heterocycles. The van der Waals surface area contributed by atoms with Gasteiger partial charge in [0.05, 0.1) is 0 Å². The first-order valence-corrected chi connectivity index (χ1v) is 12.6. The van der Waals surface area contributed by atoms with E-state index in [1.807, 2.05) is 0 Å². The Morgan fingerprint density at radius 2 is 1.40 bits per heavy atom. The summed E-state index contributed by atoms with van der Waals surface area (Å²) in [6, 6.07) is 17.5. The molecule has 136 valence electrons. The fourth-order valence-electron chi connectivity index (χ4n) is 2.67. The Balaban J connectivity index is 1.76. The van der Waals surface area contributed by atoms with Crippen LogP contribution in [0.25, 0.3) is 0 Å². The van der Waals surface area contributed by atoms with Gasteiger partial charge in [-0.2, -0.15) is 0 Å². The minimum Gasteiger partial charge on any atom is -0.544 e. The summed E-state index contributed by atoms with van der Waals surface area (Å²) in [6.07, 6.45) is 1.04. The summed E-state index contributed by atoms with van der Waals surface area (Å²) < 4.78 is 6.00. The van der Waals surface area contributed by atoms with E-state index in [0.29, 0.717) is 0 Å². The van der Waals surface area contributed by atoms with Crippen LogP contribution in [0.2, 0.25) is 19.6 Å². The molecule has 3 heteroatoms. The summed E-state index contributed by atoms with van der Waals surface area (Å²) in [5.74, 6) is 0.995. The summed E-state index contributed by atoms with van der Waals surface area (Å²) in [5.41, 5.74) is 4.29. The summed E-state index contributed by atoms with van der Waals surface area (Å²) in [5, 5.41) is 3.54. The molecule has 0 aliphatic rings. The molecule has 25 heavy (non-hydrogen) atoms. The van der Waals surface area contributed by atoms with Gasteiger partial charge in [-0.05, 0) is 66.8 Å². The number of rotatable bonds is 7. The normalized spacial score (nSPS) is 12.2. The van der Waals surface area contributed by atoms with Crippen molar-refractivity contribution in [2.75, 3.05) is 6.54 Å². The predicted molar refractivity (Wildman–Crippen MR) is 111 cm³/mol. The molecule has 0 saturated carbocycles. The minimum absolute atomic E-state index is 0.220. The Bertz CT molecular complexity index is 648. The van der Waals surface area contributed by atoms with Crippen molar-refractivity contribution < 1.29 is 4.43 Å². The molecular formula is C22H33NOSi. The molecule has 0 heterocycles. The van der Waals surface area contributed by atoms with Crippen molar-refractivity contribution in [3.8, 4) is 5.75 Å². The van der Waals surface area contributed by atoms with Crippen molar-refractivity contribution in [2.45, 2.75) is 58.8 Å². The zero-order chi connectivity index (χ0) is 18.5. The fourth-order valence-corrected chi connectivity index (χ4v) is 3.51. The standard InChI is InChI=1S/C22H33NOSi/c1-22(2,3)20-11-7-19(8-12-20)17-23-16-15-18-9-13-21(14-10-18)24-25(4,5)6/h7-14,23H,15-17H2,1-6H3. The lowest BCUT2D eigenvalue weighted by molar-refractivity contribution is 0.557. The van der Waals surface area contributed by atoms with Crippen LogP contribution >= 0.6 is 0 Å². The molecule has 0 aliphatic carbocycles. The van der Waals surface area contributed by atoms with Gasteiger partial charge in [-0.3, -0.25) is 0 Å². The molecule has 0 atom stereocenters. The van der Waals surface area contributed by atoms with Gasteiger partial charge in [0.15, 0.2) is 0 Å². The van der Waals surface area contributed by atoms with Crippen LogP contribution in [0.15, 0.2) is 48.5 Å². The number of nitrogens with one attached hydrogen (secondary N) is 1. The SMILES string of the molecule is CC(C)(C)c1ccc(CNCCc2ccc(O[Si](C)(C)C)cc2)cc1. The number of benzene rings is 2. The van der Waals surface area contributed by atoms with Gasteiger partial charge in [0, 0.05) is 6.54 Å².